The second-order valence-corrected chi connectivity index (χ2v) is 8.27. The van der Waals surface area contributed by atoms with Crippen LogP contribution in [0.1, 0.15) is 69.1 Å². The molecule has 0 saturated heterocycles. The minimum Gasteiger partial charge on any atom is -0.507 e. The minimum atomic E-state index is -1.23. The number of aliphatic hydroxyl groups is 1. The Labute approximate surface area is 186 Å². The van der Waals surface area contributed by atoms with Crippen LogP contribution in [0.5, 0.6) is 5.75 Å². The number of anilines is 3. The van der Waals surface area contributed by atoms with Crippen LogP contribution in [0.2, 0.25) is 0 Å². The summed E-state index contributed by atoms with van der Waals surface area (Å²) in [5.74, 6) is -0.658. The van der Waals surface area contributed by atoms with Gasteiger partial charge in [0.25, 0.3) is 0 Å². The van der Waals surface area contributed by atoms with E-state index in [0.717, 1.165) is 5.69 Å². The molecule has 172 valence electrons. The monoisotopic (exact) mass is 442 g/mol. The van der Waals surface area contributed by atoms with Crippen LogP contribution in [0.3, 0.4) is 0 Å². The average Bonchev–Trinajstić information content (AvgIpc) is 3.13. The summed E-state index contributed by atoms with van der Waals surface area (Å²) < 4.78 is 1.85. The van der Waals surface area contributed by atoms with Crippen molar-refractivity contribution in [3.63, 3.8) is 0 Å². The van der Waals surface area contributed by atoms with Gasteiger partial charge in [-0.15, -0.1) is 0 Å². The summed E-state index contributed by atoms with van der Waals surface area (Å²) in [6, 6.07) is 4.06. The maximum atomic E-state index is 11.4. The molecule has 32 heavy (non-hydrogen) atoms. The summed E-state index contributed by atoms with van der Waals surface area (Å²) in [4.78, 5) is 20.8. The van der Waals surface area contributed by atoms with Crippen LogP contribution in [0.25, 0.3) is 11.0 Å². The topological polar surface area (TPSA) is 145 Å². The van der Waals surface area contributed by atoms with E-state index in [1.54, 1.807) is 6.07 Å². The lowest BCUT2D eigenvalue weighted by atomic mass is 10.1. The fourth-order valence-corrected chi connectivity index (χ4v) is 3.36. The molecule has 0 amide bonds. The van der Waals surface area contributed by atoms with Gasteiger partial charge in [0.15, 0.2) is 5.82 Å². The molecule has 10 heteroatoms. The Kier molecular flexibility index (Phi) is 6.83. The molecule has 3 rings (SSSR count). The third kappa shape index (κ3) is 4.59. The molecule has 1 atom stereocenters. The molecule has 10 nitrogen and oxygen atoms in total. The van der Waals surface area contributed by atoms with Crippen LogP contribution < -0.4 is 10.6 Å². The van der Waals surface area contributed by atoms with Crippen molar-refractivity contribution in [1.82, 2.24) is 19.7 Å². The number of carboxylic acid groups (broad SMARTS) is 1. The van der Waals surface area contributed by atoms with Crippen molar-refractivity contribution in [3.05, 3.63) is 29.5 Å². The highest BCUT2D eigenvalue weighted by molar-refractivity contribution is 5.94. The van der Waals surface area contributed by atoms with Gasteiger partial charge in [-0.3, -0.25) is 4.68 Å². The molecule has 0 bridgehead atoms. The third-order valence-corrected chi connectivity index (χ3v) is 5.14. The van der Waals surface area contributed by atoms with Gasteiger partial charge in [0.2, 0.25) is 5.95 Å². The van der Waals surface area contributed by atoms with E-state index in [-0.39, 0.29) is 35.9 Å². The van der Waals surface area contributed by atoms with Crippen molar-refractivity contribution in [1.29, 1.82) is 0 Å². The van der Waals surface area contributed by atoms with Crippen LogP contribution in [0.15, 0.2) is 18.2 Å². The molecule has 0 radical (unpaired) electrons. The quantitative estimate of drug-likeness (QED) is 0.312. The number of benzene rings is 1. The number of hydrogen-bond acceptors (Lipinski definition) is 8. The number of fused-ring (bicyclic) bond motifs is 1. The summed E-state index contributed by atoms with van der Waals surface area (Å²) in [6.07, 6.45) is 0.683. The van der Waals surface area contributed by atoms with Crippen molar-refractivity contribution < 1.29 is 20.1 Å². The normalized spacial score (nSPS) is 12.5. The second-order valence-electron chi connectivity index (χ2n) is 8.27. The van der Waals surface area contributed by atoms with Gasteiger partial charge < -0.3 is 26.0 Å². The van der Waals surface area contributed by atoms with Gasteiger partial charge >= 0.3 is 5.97 Å². The molecule has 1 aromatic carbocycles. The number of carboxylic acids is 1. The standard InChI is InChI=1S/C22H30N6O4/c1-6-13(10-29)24-22-25-18-17(11(2)3)27-28(12(4)5)19(18)20(26-22)23-14-7-8-16(30)15(9-14)21(31)32/h7-9,11-13,29-30H,6,10H2,1-5H3,(H,31,32)(H2,23,24,25,26). The predicted octanol–water partition coefficient (Wildman–Crippen LogP) is 3.86. The molecule has 2 aromatic heterocycles. The molecule has 0 saturated carbocycles. The zero-order chi connectivity index (χ0) is 23.6. The predicted molar refractivity (Wildman–Crippen MR) is 123 cm³/mol. The number of aromatic hydroxyl groups is 1. The molecular weight excluding hydrogens is 412 g/mol. The maximum Gasteiger partial charge on any atom is 0.339 e. The molecule has 2 heterocycles. The molecule has 1 unspecified atom stereocenters. The Hall–Kier alpha value is -3.40. The SMILES string of the molecule is CCC(CO)Nc1nc(Nc2ccc(O)c(C(=O)O)c2)c2c(n1)c(C(C)C)nn2C(C)C. The van der Waals surface area contributed by atoms with E-state index in [9.17, 15) is 20.1 Å². The first-order chi connectivity index (χ1) is 15.2. The number of rotatable bonds is 9. The molecule has 0 aliphatic carbocycles. The Morgan fingerprint density at radius 2 is 1.91 bits per heavy atom. The fourth-order valence-electron chi connectivity index (χ4n) is 3.36. The number of aliphatic hydroxyl groups excluding tert-OH is 1. The highest BCUT2D eigenvalue weighted by atomic mass is 16.4. The molecule has 0 aliphatic heterocycles. The van der Waals surface area contributed by atoms with E-state index >= 15 is 0 Å². The highest BCUT2D eigenvalue weighted by Crippen LogP contribution is 2.33. The zero-order valence-corrected chi connectivity index (χ0v) is 18.9. The second kappa shape index (κ2) is 9.39. The largest absolute Gasteiger partial charge is 0.507 e. The first kappa shape index (κ1) is 23.3. The number of carbonyl (C=O) groups is 1. The minimum absolute atomic E-state index is 0.0307. The van der Waals surface area contributed by atoms with Gasteiger partial charge in [0.05, 0.1) is 18.3 Å². The van der Waals surface area contributed by atoms with Crippen LogP contribution in [-0.4, -0.2) is 53.7 Å². The molecule has 0 spiro atoms. The van der Waals surface area contributed by atoms with Gasteiger partial charge in [0.1, 0.15) is 22.3 Å². The van der Waals surface area contributed by atoms with E-state index in [2.05, 4.69) is 15.6 Å². The molecule has 0 aliphatic rings. The summed E-state index contributed by atoms with van der Waals surface area (Å²) >= 11 is 0. The van der Waals surface area contributed by atoms with E-state index in [1.165, 1.54) is 12.1 Å². The van der Waals surface area contributed by atoms with E-state index in [4.69, 9.17) is 10.1 Å². The lowest BCUT2D eigenvalue weighted by Crippen LogP contribution is -2.24. The Balaban J connectivity index is 2.22. The van der Waals surface area contributed by atoms with Crippen molar-refractivity contribution in [2.24, 2.45) is 0 Å². The summed E-state index contributed by atoms with van der Waals surface area (Å²) in [5.41, 5.74) is 2.42. The number of phenols is 1. The van der Waals surface area contributed by atoms with Crippen molar-refractivity contribution in [2.45, 2.75) is 59.0 Å². The van der Waals surface area contributed by atoms with Crippen molar-refractivity contribution in [2.75, 3.05) is 17.2 Å². The number of nitrogens with zero attached hydrogens (tertiary/aromatic N) is 4. The van der Waals surface area contributed by atoms with E-state index in [0.29, 0.717) is 34.9 Å². The average molecular weight is 443 g/mol. The lowest BCUT2D eigenvalue weighted by molar-refractivity contribution is 0.0693. The van der Waals surface area contributed by atoms with E-state index in [1.807, 2.05) is 39.3 Å². The molecular formula is C22H30N6O4. The smallest absolute Gasteiger partial charge is 0.339 e. The number of nitrogens with one attached hydrogen (secondary N) is 2. The van der Waals surface area contributed by atoms with Crippen molar-refractivity contribution >= 4 is 34.5 Å². The van der Waals surface area contributed by atoms with Gasteiger partial charge in [-0.25, -0.2) is 9.78 Å². The Morgan fingerprint density at radius 1 is 1.19 bits per heavy atom. The van der Waals surface area contributed by atoms with Crippen LogP contribution in [0.4, 0.5) is 17.5 Å². The third-order valence-electron chi connectivity index (χ3n) is 5.14. The lowest BCUT2D eigenvalue weighted by Gasteiger charge is -2.17. The number of aromatic carboxylic acids is 1. The molecule has 5 N–H and O–H groups in total. The Bertz CT molecular complexity index is 1120. The molecule has 0 fully saturated rings. The summed E-state index contributed by atoms with van der Waals surface area (Å²) in [7, 11) is 0. The maximum absolute atomic E-state index is 11.4. The van der Waals surface area contributed by atoms with Gasteiger partial charge in [-0.05, 0) is 44.4 Å². The summed E-state index contributed by atoms with van der Waals surface area (Å²) in [5, 5.41) is 39.9. The van der Waals surface area contributed by atoms with Crippen molar-refractivity contribution in [3.8, 4) is 5.75 Å². The van der Waals surface area contributed by atoms with Gasteiger partial charge in [-0.1, -0.05) is 20.8 Å². The fraction of sp³-hybridized carbons (Fsp3) is 0.455. The molecule has 3 aromatic rings. The zero-order valence-electron chi connectivity index (χ0n) is 18.9. The highest BCUT2D eigenvalue weighted by Gasteiger charge is 2.23. The number of hydrogen-bond donors (Lipinski definition) is 5. The van der Waals surface area contributed by atoms with Crippen LogP contribution >= 0.6 is 0 Å². The first-order valence-electron chi connectivity index (χ1n) is 10.7. The van der Waals surface area contributed by atoms with E-state index < -0.39 is 5.97 Å². The number of aromatic nitrogens is 4. The van der Waals surface area contributed by atoms with Gasteiger partial charge in [0, 0.05) is 11.7 Å². The summed E-state index contributed by atoms with van der Waals surface area (Å²) in [6.45, 7) is 9.98. The first-order valence-corrected chi connectivity index (χ1v) is 10.7. The van der Waals surface area contributed by atoms with Crippen LogP contribution in [0, 0.1) is 0 Å². The van der Waals surface area contributed by atoms with Gasteiger partial charge in [-0.2, -0.15) is 10.1 Å². The van der Waals surface area contributed by atoms with Crippen LogP contribution in [-0.2, 0) is 0 Å². The Morgan fingerprint density at radius 3 is 2.47 bits per heavy atom.